The molecule has 1 rings (SSSR count). The Morgan fingerprint density at radius 1 is 1.69 bits per heavy atom. The van der Waals surface area contributed by atoms with Crippen LogP contribution in [0.3, 0.4) is 0 Å². The molecule has 0 aliphatic rings. The van der Waals surface area contributed by atoms with Crippen molar-refractivity contribution in [3.8, 4) is 0 Å². The third kappa shape index (κ3) is 3.48. The molecule has 0 bridgehead atoms. The Morgan fingerprint density at radius 2 is 2.46 bits per heavy atom. The van der Waals surface area contributed by atoms with Gasteiger partial charge in [-0.05, 0) is 17.9 Å². The van der Waals surface area contributed by atoms with E-state index in [1.54, 1.807) is 11.3 Å². The fraction of sp³-hybridized carbons (Fsp3) is 0.500. The number of halogens is 1. The first-order chi connectivity index (χ1) is 6.27. The van der Waals surface area contributed by atoms with Crippen molar-refractivity contribution in [3.05, 3.63) is 21.3 Å². The van der Waals surface area contributed by atoms with Gasteiger partial charge in [-0.2, -0.15) is 11.8 Å². The van der Waals surface area contributed by atoms with Gasteiger partial charge >= 0.3 is 0 Å². The first-order valence-corrected chi connectivity index (χ1v) is 6.42. The van der Waals surface area contributed by atoms with Gasteiger partial charge < -0.3 is 0 Å². The highest BCUT2D eigenvalue weighted by Gasteiger charge is 2.11. The first-order valence-electron chi connectivity index (χ1n) is 4.07. The molecule has 1 unspecified atom stereocenters. The number of thioether (sulfide) groups is 1. The zero-order valence-electron chi connectivity index (χ0n) is 7.42. The predicted octanol–water partition coefficient (Wildman–Crippen LogP) is 2.66. The van der Waals surface area contributed by atoms with E-state index in [9.17, 15) is 0 Å². The molecule has 1 aromatic heterocycles. The van der Waals surface area contributed by atoms with Crippen LogP contribution in [-0.2, 0) is 0 Å². The molecule has 0 aliphatic heterocycles. The molecule has 0 fully saturated rings. The molecule has 0 saturated carbocycles. The molecule has 5 heteroatoms. The number of nitrogens with one attached hydrogen (secondary N) is 1. The number of hydrogen-bond acceptors (Lipinski definition) is 4. The largest absolute Gasteiger partial charge is 0.271 e. The summed E-state index contributed by atoms with van der Waals surface area (Å²) < 4.78 is 0.816. The average Bonchev–Trinajstić information content (AvgIpc) is 2.54. The summed E-state index contributed by atoms with van der Waals surface area (Å²) in [6.07, 6.45) is 0. The highest BCUT2D eigenvalue weighted by Crippen LogP contribution is 2.28. The van der Waals surface area contributed by atoms with Crippen LogP contribution in [0, 0.1) is 0 Å². The van der Waals surface area contributed by atoms with E-state index in [-0.39, 0.29) is 6.04 Å². The summed E-state index contributed by atoms with van der Waals surface area (Å²) in [6, 6.07) is 4.15. The molecule has 0 spiro atoms. The summed E-state index contributed by atoms with van der Waals surface area (Å²) in [5.41, 5.74) is 2.80. The first kappa shape index (κ1) is 11.3. The molecule has 74 valence electrons. The van der Waals surface area contributed by atoms with Crippen molar-refractivity contribution in [2.75, 3.05) is 11.5 Å². The van der Waals surface area contributed by atoms with E-state index in [0.29, 0.717) is 0 Å². The summed E-state index contributed by atoms with van der Waals surface area (Å²) in [5.74, 6) is 7.55. The highest BCUT2D eigenvalue weighted by atomic mass is 35.5. The minimum absolute atomic E-state index is 0.224. The quantitative estimate of drug-likeness (QED) is 0.610. The van der Waals surface area contributed by atoms with Crippen molar-refractivity contribution in [1.29, 1.82) is 0 Å². The Labute approximate surface area is 91.8 Å². The zero-order chi connectivity index (χ0) is 9.68. The molecular weight excluding hydrogens is 224 g/mol. The van der Waals surface area contributed by atoms with Crippen molar-refractivity contribution in [2.24, 2.45) is 5.84 Å². The standard InChI is InChI=1S/C8H13ClN2S2/c1-2-12-5-6(11-10)7-3-4-8(9)13-7/h3-4,6,11H,2,5,10H2,1H3. The van der Waals surface area contributed by atoms with Crippen molar-refractivity contribution in [2.45, 2.75) is 13.0 Å². The molecule has 0 amide bonds. The zero-order valence-corrected chi connectivity index (χ0v) is 9.81. The van der Waals surface area contributed by atoms with E-state index in [0.717, 1.165) is 15.8 Å². The van der Waals surface area contributed by atoms with Crippen LogP contribution in [-0.4, -0.2) is 11.5 Å². The molecule has 3 N–H and O–H groups in total. The van der Waals surface area contributed by atoms with Crippen LogP contribution in [0.4, 0.5) is 0 Å². The van der Waals surface area contributed by atoms with E-state index in [1.807, 2.05) is 23.9 Å². The van der Waals surface area contributed by atoms with Gasteiger partial charge in [0.1, 0.15) is 0 Å². The number of thiophene rings is 1. The lowest BCUT2D eigenvalue weighted by atomic mass is 10.3. The van der Waals surface area contributed by atoms with Crippen LogP contribution in [0.15, 0.2) is 12.1 Å². The van der Waals surface area contributed by atoms with Crippen molar-refractivity contribution < 1.29 is 0 Å². The number of nitrogens with two attached hydrogens (primary N) is 1. The van der Waals surface area contributed by atoms with Gasteiger partial charge in [0.05, 0.1) is 10.4 Å². The summed E-state index contributed by atoms with van der Waals surface area (Å²) in [4.78, 5) is 1.20. The smallest absolute Gasteiger partial charge is 0.0931 e. The summed E-state index contributed by atoms with van der Waals surface area (Å²) in [7, 11) is 0. The van der Waals surface area contributed by atoms with Crippen LogP contribution >= 0.6 is 34.7 Å². The van der Waals surface area contributed by atoms with Gasteiger partial charge in [0, 0.05) is 10.6 Å². The molecule has 13 heavy (non-hydrogen) atoms. The maximum atomic E-state index is 5.84. The van der Waals surface area contributed by atoms with Gasteiger partial charge in [-0.25, -0.2) is 0 Å². The van der Waals surface area contributed by atoms with Crippen LogP contribution in [0.1, 0.15) is 17.8 Å². The predicted molar refractivity (Wildman–Crippen MR) is 62.4 cm³/mol. The maximum Gasteiger partial charge on any atom is 0.0931 e. The summed E-state index contributed by atoms with van der Waals surface area (Å²) in [6.45, 7) is 2.14. The van der Waals surface area contributed by atoms with E-state index in [4.69, 9.17) is 17.4 Å². The van der Waals surface area contributed by atoms with Gasteiger partial charge in [0.25, 0.3) is 0 Å². The van der Waals surface area contributed by atoms with Gasteiger partial charge in [-0.3, -0.25) is 11.3 Å². The third-order valence-corrected chi connectivity index (χ3v) is 3.95. The van der Waals surface area contributed by atoms with Crippen molar-refractivity contribution in [3.63, 3.8) is 0 Å². The highest BCUT2D eigenvalue weighted by molar-refractivity contribution is 7.99. The molecule has 1 atom stereocenters. The molecular formula is C8H13ClN2S2. The number of rotatable bonds is 5. The molecule has 2 nitrogen and oxygen atoms in total. The van der Waals surface area contributed by atoms with E-state index >= 15 is 0 Å². The summed E-state index contributed by atoms with van der Waals surface area (Å²) >= 11 is 9.29. The Morgan fingerprint density at radius 3 is 2.92 bits per heavy atom. The second-order valence-corrected chi connectivity index (χ2v) is 5.59. The summed E-state index contributed by atoms with van der Waals surface area (Å²) in [5, 5.41) is 0. The lowest BCUT2D eigenvalue weighted by Crippen LogP contribution is -2.29. The Hall–Kier alpha value is 0.260. The van der Waals surface area contributed by atoms with Crippen LogP contribution < -0.4 is 11.3 Å². The van der Waals surface area contributed by atoms with E-state index in [2.05, 4.69) is 12.3 Å². The third-order valence-electron chi connectivity index (χ3n) is 1.63. The maximum absolute atomic E-state index is 5.84. The lowest BCUT2D eigenvalue weighted by molar-refractivity contribution is 0.620. The van der Waals surface area contributed by atoms with Crippen LogP contribution in [0.2, 0.25) is 4.34 Å². The molecule has 0 aromatic carbocycles. The molecule has 1 heterocycles. The van der Waals surface area contributed by atoms with Crippen LogP contribution in [0.5, 0.6) is 0 Å². The normalized spacial score (nSPS) is 13.2. The Bertz CT molecular complexity index is 252. The molecule has 1 aromatic rings. The van der Waals surface area contributed by atoms with Crippen molar-refractivity contribution >= 4 is 34.7 Å². The second-order valence-electron chi connectivity index (χ2n) is 2.52. The fourth-order valence-corrected chi connectivity index (χ4v) is 2.94. The van der Waals surface area contributed by atoms with Gasteiger partial charge in [-0.15, -0.1) is 11.3 Å². The Balaban J connectivity index is 2.56. The van der Waals surface area contributed by atoms with Crippen LogP contribution in [0.25, 0.3) is 0 Å². The van der Waals surface area contributed by atoms with Gasteiger partial charge in [-0.1, -0.05) is 18.5 Å². The molecule has 0 saturated heterocycles. The minimum atomic E-state index is 0.224. The fourth-order valence-electron chi connectivity index (χ4n) is 0.964. The molecule has 0 radical (unpaired) electrons. The SMILES string of the molecule is CCSCC(NN)c1ccc(Cl)s1. The monoisotopic (exact) mass is 236 g/mol. The van der Waals surface area contributed by atoms with Gasteiger partial charge in [0.15, 0.2) is 0 Å². The minimum Gasteiger partial charge on any atom is -0.271 e. The lowest BCUT2D eigenvalue weighted by Gasteiger charge is -2.12. The molecule has 0 aliphatic carbocycles. The second kappa shape index (κ2) is 5.88. The number of hydrazine groups is 1. The van der Waals surface area contributed by atoms with Crippen molar-refractivity contribution in [1.82, 2.24) is 5.43 Å². The Kier molecular flexibility index (Phi) is 5.13. The topological polar surface area (TPSA) is 38.0 Å². The number of hydrogen-bond donors (Lipinski definition) is 2. The van der Waals surface area contributed by atoms with Gasteiger partial charge in [0.2, 0.25) is 0 Å². The van der Waals surface area contributed by atoms with E-state index in [1.165, 1.54) is 4.88 Å². The van der Waals surface area contributed by atoms with E-state index < -0.39 is 0 Å². The average molecular weight is 237 g/mol.